The summed E-state index contributed by atoms with van der Waals surface area (Å²) in [4.78, 5) is 0. The fourth-order valence-corrected chi connectivity index (χ4v) is 3.12. The highest BCUT2D eigenvalue weighted by Crippen LogP contribution is 1.98. The Labute approximate surface area is 111 Å². The molecule has 0 rings (SSSR count). The standard InChI is InChI=1S/C10H24N2O4S2/c1-4-12(18(3,15)16)9-5-7-11-8-6-10-17(2,13)14/h11H,4-10H2,1-3H3. The molecule has 0 aromatic heterocycles. The van der Waals surface area contributed by atoms with Crippen molar-refractivity contribution in [2.24, 2.45) is 0 Å². The van der Waals surface area contributed by atoms with Crippen LogP contribution in [-0.2, 0) is 19.9 Å². The molecule has 0 radical (unpaired) electrons. The number of nitrogens with one attached hydrogen (secondary N) is 1. The summed E-state index contributed by atoms with van der Waals surface area (Å²) >= 11 is 0. The minimum absolute atomic E-state index is 0.185. The first-order valence-corrected chi connectivity index (χ1v) is 9.91. The topological polar surface area (TPSA) is 83.6 Å². The molecule has 0 heterocycles. The molecule has 0 fully saturated rings. The van der Waals surface area contributed by atoms with E-state index < -0.39 is 19.9 Å². The van der Waals surface area contributed by atoms with Crippen molar-refractivity contribution in [3.63, 3.8) is 0 Å². The summed E-state index contributed by atoms with van der Waals surface area (Å²) < 4.78 is 45.7. The predicted molar refractivity (Wildman–Crippen MR) is 73.9 cm³/mol. The Balaban J connectivity index is 3.63. The lowest BCUT2D eigenvalue weighted by Gasteiger charge is -2.17. The highest BCUT2D eigenvalue weighted by molar-refractivity contribution is 7.90. The van der Waals surface area contributed by atoms with E-state index in [1.165, 1.54) is 16.8 Å². The first-order valence-electron chi connectivity index (χ1n) is 6.00. The molecule has 0 aliphatic heterocycles. The van der Waals surface area contributed by atoms with Gasteiger partial charge in [0.05, 0.1) is 12.0 Å². The smallest absolute Gasteiger partial charge is 0.211 e. The van der Waals surface area contributed by atoms with Gasteiger partial charge < -0.3 is 5.32 Å². The predicted octanol–water partition coefficient (Wildman–Crippen LogP) is -0.318. The van der Waals surface area contributed by atoms with Gasteiger partial charge in [-0.15, -0.1) is 0 Å². The van der Waals surface area contributed by atoms with Crippen LogP contribution in [-0.4, -0.2) is 65.6 Å². The third-order valence-corrected chi connectivity index (χ3v) is 4.86. The zero-order chi connectivity index (χ0) is 14.2. The van der Waals surface area contributed by atoms with Gasteiger partial charge in [-0.1, -0.05) is 6.92 Å². The molecule has 0 aromatic carbocycles. The normalized spacial score (nSPS) is 13.1. The summed E-state index contributed by atoms with van der Waals surface area (Å²) in [6, 6.07) is 0. The van der Waals surface area contributed by atoms with Crippen LogP contribution in [0.15, 0.2) is 0 Å². The summed E-state index contributed by atoms with van der Waals surface area (Å²) in [5.74, 6) is 0.185. The maximum Gasteiger partial charge on any atom is 0.211 e. The molecule has 0 unspecified atom stereocenters. The minimum atomic E-state index is -3.11. The van der Waals surface area contributed by atoms with Crippen LogP contribution in [0.5, 0.6) is 0 Å². The average molecular weight is 300 g/mol. The Bertz CT molecular complexity index is 417. The second-order valence-electron chi connectivity index (χ2n) is 4.34. The summed E-state index contributed by atoms with van der Waals surface area (Å²) in [6.45, 7) is 4.11. The molecule has 0 aliphatic carbocycles. The van der Waals surface area contributed by atoms with Gasteiger partial charge in [-0.05, 0) is 25.9 Å². The highest BCUT2D eigenvalue weighted by atomic mass is 32.2. The fraction of sp³-hybridized carbons (Fsp3) is 1.00. The largest absolute Gasteiger partial charge is 0.317 e. The maximum atomic E-state index is 11.3. The van der Waals surface area contributed by atoms with Gasteiger partial charge >= 0.3 is 0 Å². The molecule has 0 aromatic rings. The van der Waals surface area contributed by atoms with E-state index in [9.17, 15) is 16.8 Å². The lowest BCUT2D eigenvalue weighted by atomic mass is 10.4. The monoisotopic (exact) mass is 300 g/mol. The van der Waals surface area contributed by atoms with Crippen molar-refractivity contribution in [1.82, 2.24) is 9.62 Å². The van der Waals surface area contributed by atoms with E-state index in [0.717, 1.165) is 6.42 Å². The lowest BCUT2D eigenvalue weighted by Crippen LogP contribution is -2.32. The first kappa shape index (κ1) is 17.8. The summed E-state index contributed by atoms with van der Waals surface area (Å²) in [5, 5.41) is 3.10. The van der Waals surface area contributed by atoms with Crippen LogP contribution >= 0.6 is 0 Å². The second-order valence-corrected chi connectivity index (χ2v) is 8.58. The molecular weight excluding hydrogens is 276 g/mol. The molecule has 0 spiro atoms. The van der Waals surface area contributed by atoms with Crippen molar-refractivity contribution < 1.29 is 16.8 Å². The van der Waals surface area contributed by atoms with Crippen molar-refractivity contribution in [3.05, 3.63) is 0 Å². The molecule has 0 bridgehead atoms. The van der Waals surface area contributed by atoms with Crippen molar-refractivity contribution in [1.29, 1.82) is 0 Å². The van der Waals surface area contributed by atoms with Gasteiger partial charge in [-0.25, -0.2) is 21.1 Å². The molecule has 6 nitrogen and oxygen atoms in total. The number of sulfone groups is 1. The van der Waals surface area contributed by atoms with Gasteiger partial charge in [0.25, 0.3) is 0 Å². The number of hydrogen-bond donors (Lipinski definition) is 1. The highest BCUT2D eigenvalue weighted by Gasteiger charge is 2.12. The Morgan fingerprint density at radius 1 is 1.00 bits per heavy atom. The summed E-state index contributed by atoms with van der Waals surface area (Å²) in [6.07, 6.45) is 3.73. The molecule has 0 saturated carbocycles. The van der Waals surface area contributed by atoms with Crippen molar-refractivity contribution in [2.45, 2.75) is 19.8 Å². The molecule has 18 heavy (non-hydrogen) atoms. The molecule has 0 amide bonds. The maximum absolute atomic E-state index is 11.3. The number of rotatable bonds is 10. The van der Waals surface area contributed by atoms with Gasteiger partial charge in [0.15, 0.2) is 0 Å². The van der Waals surface area contributed by atoms with E-state index in [0.29, 0.717) is 32.6 Å². The fourth-order valence-electron chi connectivity index (χ4n) is 1.52. The van der Waals surface area contributed by atoms with Crippen LogP contribution in [0, 0.1) is 0 Å². The Hall–Kier alpha value is -0.180. The number of nitrogens with zero attached hydrogens (tertiary/aromatic N) is 1. The summed E-state index contributed by atoms with van der Waals surface area (Å²) in [5.41, 5.74) is 0. The van der Waals surface area contributed by atoms with Crippen LogP contribution in [0.1, 0.15) is 19.8 Å². The molecule has 0 aliphatic rings. The third-order valence-electron chi connectivity index (χ3n) is 2.45. The molecule has 0 saturated heterocycles. The first-order chi connectivity index (χ1) is 8.17. The average Bonchev–Trinajstić information content (AvgIpc) is 2.18. The van der Waals surface area contributed by atoms with E-state index >= 15 is 0 Å². The second kappa shape index (κ2) is 8.08. The minimum Gasteiger partial charge on any atom is -0.317 e. The SMILES string of the molecule is CCN(CCCNCCCS(C)(=O)=O)S(C)(=O)=O. The van der Waals surface area contributed by atoms with Crippen LogP contribution in [0.25, 0.3) is 0 Å². The number of hydrogen-bond acceptors (Lipinski definition) is 5. The van der Waals surface area contributed by atoms with Gasteiger partial charge in [-0.3, -0.25) is 0 Å². The molecule has 0 atom stereocenters. The van der Waals surface area contributed by atoms with E-state index in [-0.39, 0.29) is 5.75 Å². The molecular formula is C10H24N2O4S2. The Kier molecular flexibility index (Phi) is 8.00. The van der Waals surface area contributed by atoms with Gasteiger partial charge in [0, 0.05) is 19.3 Å². The van der Waals surface area contributed by atoms with Crippen LogP contribution in [0.4, 0.5) is 0 Å². The van der Waals surface area contributed by atoms with E-state index in [4.69, 9.17) is 0 Å². The zero-order valence-electron chi connectivity index (χ0n) is 11.3. The van der Waals surface area contributed by atoms with Gasteiger partial charge in [-0.2, -0.15) is 0 Å². The van der Waals surface area contributed by atoms with Crippen LogP contribution in [0.3, 0.4) is 0 Å². The van der Waals surface area contributed by atoms with E-state index in [1.807, 2.05) is 0 Å². The molecule has 8 heteroatoms. The lowest BCUT2D eigenvalue weighted by molar-refractivity contribution is 0.419. The molecule has 110 valence electrons. The van der Waals surface area contributed by atoms with Crippen molar-refractivity contribution in [2.75, 3.05) is 44.4 Å². The van der Waals surface area contributed by atoms with Crippen LogP contribution < -0.4 is 5.32 Å². The summed E-state index contributed by atoms with van der Waals surface area (Å²) in [7, 11) is -5.99. The van der Waals surface area contributed by atoms with E-state index in [2.05, 4.69) is 5.32 Å². The Morgan fingerprint density at radius 2 is 1.56 bits per heavy atom. The van der Waals surface area contributed by atoms with E-state index in [1.54, 1.807) is 6.92 Å². The Morgan fingerprint density at radius 3 is 2.00 bits per heavy atom. The third kappa shape index (κ3) is 9.81. The van der Waals surface area contributed by atoms with Crippen molar-refractivity contribution in [3.8, 4) is 0 Å². The van der Waals surface area contributed by atoms with Crippen LogP contribution in [0.2, 0.25) is 0 Å². The molecule has 1 N–H and O–H groups in total. The van der Waals surface area contributed by atoms with Gasteiger partial charge in [0.2, 0.25) is 10.0 Å². The van der Waals surface area contributed by atoms with Gasteiger partial charge in [0.1, 0.15) is 9.84 Å². The zero-order valence-corrected chi connectivity index (χ0v) is 13.0. The van der Waals surface area contributed by atoms with Crippen molar-refractivity contribution >= 4 is 19.9 Å². The number of sulfonamides is 1. The quantitative estimate of drug-likeness (QED) is 0.559.